The molecule has 1 fully saturated rings. The zero-order chi connectivity index (χ0) is 22.0. The van der Waals surface area contributed by atoms with Crippen molar-refractivity contribution in [3.63, 3.8) is 0 Å². The summed E-state index contributed by atoms with van der Waals surface area (Å²) >= 11 is 0. The van der Waals surface area contributed by atoms with Crippen molar-refractivity contribution in [1.82, 2.24) is 10.2 Å². The van der Waals surface area contributed by atoms with Gasteiger partial charge in [-0.2, -0.15) is 10.2 Å². The second kappa shape index (κ2) is 8.34. The minimum absolute atomic E-state index is 0.190. The van der Waals surface area contributed by atoms with Gasteiger partial charge in [-0.15, -0.1) is 0 Å². The Balaban J connectivity index is 1.50. The number of nitrogens with zero attached hydrogens (tertiary/aromatic N) is 3. The number of carboxylic acid groups (broad SMARTS) is 1. The highest BCUT2D eigenvalue weighted by Gasteiger charge is 2.39. The van der Waals surface area contributed by atoms with Crippen molar-refractivity contribution in [2.24, 2.45) is 10.2 Å². The minimum atomic E-state index is -1.07. The predicted octanol–water partition coefficient (Wildman–Crippen LogP) is 2.33. The number of fused-ring (bicyclic) bond motifs is 1. The number of carboxylic acids is 1. The van der Waals surface area contributed by atoms with Crippen LogP contribution in [0.5, 0.6) is 5.75 Å². The molecule has 10 nitrogen and oxygen atoms in total. The van der Waals surface area contributed by atoms with Gasteiger partial charge in [-0.25, -0.2) is 4.79 Å². The van der Waals surface area contributed by atoms with Crippen LogP contribution in [0.1, 0.15) is 28.8 Å². The summed E-state index contributed by atoms with van der Waals surface area (Å²) in [6.45, 7) is -0.230. The summed E-state index contributed by atoms with van der Waals surface area (Å²) in [4.78, 5) is 48.4. The third kappa shape index (κ3) is 4.27. The number of rotatable bonds is 6. The number of hydrogen-bond donors (Lipinski definition) is 2. The van der Waals surface area contributed by atoms with Crippen LogP contribution in [0.25, 0.3) is 0 Å². The van der Waals surface area contributed by atoms with Gasteiger partial charge in [-0.1, -0.05) is 6.07 Å². The second-order valence-electron chi connectivity index (χ2n) is 7.08. The van der Waals surface area contributed by atoms with Crippen molar-refractivity contribution < 1.29 is 29.0 Å². The van der Waals surface area contributed by atoms with Crippen LogP contribution in [-0.2, 0) is 20.9 Å². The van der Waals surface area contributed by atoms with E-state index in [1.165, 1.54) is 4.90 Å². The molecule has 2 aliphatic rings. The van der Waals surface area contributed by atoms with Crippen LogP contribution in [0.2, 0.25) is 0 Å². The zero-order valence-corrected chi connectivity index (χ0v) is 16.3. The molecule has 4 rings (SSSR count). The SMILES string of the molecule is O=C(O)COc1ccc(N=Nc2cccc3c2CN(C2CCC(=O)NC2=O)C3=O)cc1. The van der Waals surface area contributed by atoms with E-state index in [0.29, 0.717) is 28.3 Å². The van der Waals surface area contributed by atoms with E-state index in [0.717, 1.165) is 0 Å². The molecule has 2 heterocycles. The summed E-state index contributed by atoms with van der Waals surface area (Å²) in [5.41, 5.74) is 2.15. The van der Waals surface area contributed by atoms with E-state index in [4.69, 9.17) is 9.84 Å². The van der Waals surface area contributed by atoms with Crippen molar-refractivity contribution in [3.05, 3.63) is 53.6 Å². The largest absolute Gasteiger partial charge is 0.482 e. The van der Waals surface area contributed by atoms with Crippen LogP contribution in [0, 0.1) is 0 Å². The van der Waals surface area contributed by atoms with E-state index in [1.807, 2.05) is 0 Å². The van der Waals surface area contributed by atoms with Gasteiger partial charge in [0.15, 0.2) is 6.61 Å². The van der Waals surface area contributed by atoms with E-state index < -0.39 is 24.5 Å². The van der Waals surface area contributed by atoms with Gasteiger partial charge in [-0.05, 0) is 42.8 Å². The Morgan fingerprint density at radius 2 is 1.90 bits per heavy atom. The number of carbonyl (C=O) groups excluding carboxylic acids is 3. The van der Waals surface area contributed by atoms with Crippen LogP contribution in [0.15, 0.2) is 52.7 Å². The van der Waals surface area contributed by atoms with Crippen LogP contribution < -0.4 is 10.1 Å². The lowest BCUT2D eigenvalue weighted by Crippen LogP contribution is -2.52. The Bertz CT molecular complexity index is 1100. The Labute approximate surface area is 176 Å². The molecule has 0 bridgehead atoms. The van der Waals surface area contributed by atoms with Crippen molar-refractivity contribution in [2.45, 2.75) is 25.4 Å². The van der Waals surface area contributed by atoms with Gasteiger partial charge in [0.2, 0.25) is 11.8 Å². The first-order chi connectivity index (χ1) is 14.9. The number of amides is 3. The summed E-state index contributed by atoms with van der Waals surface area (Å²) < 4.78 is 5.07. The van der Waals surface area contributed by atoms with E-state index in [9.17, 15) is 19.2 Å². The Kier molecular flexibility index (Phi) is 5.44. The van der Waals surface area contributed by atoms with Gasteiger partial charge in [-0.3, -0.25) is 19.7 Å². The molecule has 0 radical (unpaired) electrons. The second-order valence-corrected chi connectivity index (χ2v) is 7.08. The quantitative estimate of drug-likeness (QED) is 0.541. The van der Waals surface area contributed by atoms with Gasteiger partial charge in [0.05, 0.1) is 11.4 Å². The molecule has 1 unspecified atom stereocenters. The maximum Gasteiger partial charge on any atom is 0.341 e. The first-order valence-corrected chi connectivity index (χ1v) is 9.55. The molecule has 0 saturated carbocycles. The number of piperidine rings is 1. The molecular weight excluding hydrogens is 404 g/mol. The number of hydrogen-bond acceptors (Lipinski definition) is 7. The van der Waals surface area contributed by atoms with Crippen molar-refractivity contribution >= 4 is 35.1 Å². The number of ether oxygens (including phenoxy) is 1. The normalized spacial score (nSPS) is 18.3. The minimum Gasteiger partial charge on any atom is -0.482 e. The van der Waals surface area contributed by atoms with E-state index in [2.05, 4.69) is 15.5 Å². The average molecular weight is 422 g/mol. The highest BCUT2D eigenvalue weighted by Crippen LogP contribution is 2.34. The Hall–Kier alpha value is -4.08. The molecule has 10 heteroatoms. The van der Waals surface area contributed by atoms with Crippen LogP contribution in [0.4, 0.5) is 11.4 Å². The number of azo groups is 1. The fraction of sp³-hybridized carbons (Fsp3) is 0.238. The van der Waals surface area contributed by atoms with Crippen LogP contribution in [0.3, 0.4) is 0 Å². The highest BCUT2D eigenvalue weighted by atomic mass is 16.5. The van der Waals surface area contributed by atoms with Crippen LogP contribution in [-0.4, -0.2) is 46.3 Å². The third-order valence-electron chi connectivity index (χ3n) is 5.03. The number of aliphatic carboxylic acids is 1. The lowest BCUT2D eigenvalue weighted by Gasteiger charge is -2.29. The average Bonchev–Trinajstić information content (AvgIpc) is 3.08. The number of nitrogens with one attached hydrogen (secondary N) is 1. The maximum atomic E-state index is 12.8. The molecule has 1 saturated heterocycles. The summed E-state index contributed by atoms with van der Waals surface area (Å²) in [6, 6.07) is 10.8. The molecule has 0 spiro atoms. The molecule has 158 valence electrons. The summed E-state index contributed by atoms with van der Waals surface area (Å²) in [5.74, 6) is -1.75. The maximum absolute atomic E-state index is 12.8. The molecule has 2 aromatic carbocycles. The van der Waals surface area contributed by atoms with E-state index in [-0.39, 0.29) is 31.2 Å². The van der Waals surface area contributed by atoms with Gasteiger partial charge < -0.3 is 14.7 Å². The molecule has 1 atom stereocenters. The predicted molar refractivity (Wildman–Crippen MR) is 106 cm³/mol. The molecular formula is C21H18N4O6. The van der Waals surface area contributed by atoms with Gasteiger partial charge in [0.1, 0.15) is 11.8 Å². The number of carbonyl (C=O) groups is 4. The monoisotopic (exact) mass is 422 g/mol. The summed E-state index contributed by atoms with van der Waals surface area (Å²) in [7, 11) is 0. The molecule has 3 amide bonds. The molecule has 0 aromatic heterocycles. The summed E-state index contributed by atoms with van der Waals surface area (Å²) in [5, 5.41) is 19.3. The Morgan fingerprint density at radius 3 is 2.61 bits per heavy atom. The lowest BCUT2D eigenvalue weighted by atomic mass is 10.0. The van der Waals surface area contributed by atoms with Gasteiger partial charge >= 0.3 is 5.97 Å². The molecule has 31 heavy (non-hydrogen) atoms. The van der Waals surface area contributed by atoms with E-state index >= 15 is 0 Å². The fourth-order valence-corrected chi connectivity index (χ4v) is 3.53. The molecule has 2 aromatic rings. The topological polar surface area (TPSA) is 138 Å². The standard InChI is InChI=1S/C21H18N4O6/c26-18-9-8-17(20(29)22-18)25-10-15-14(21(25)30)2-1-3-16(15)24-23-12-4-6-13(7-5-12)31-11-19(27)28/h1-7,17H,8-11H2,(H,27,28)(H,22,26,29). The molecule has 2 aliphatic heterocycles. The Morgan fingerprint density at radius 1 is 1.13 bits per heavy atom. The zero-order valence-electron chi connectivity index (χ0n) is 16.3. The lowest BCUT2D eigenvalue weighted by molar-refractivity contribution is -0.139. The molecule has 2 N–H and O–H groups in total. The first-order valence-electron chi connectivity index (χ1n) is 9.55. The third-order valence-corrected chi connectivity index (χ3v) is 5.03. The van der Waals surface area contributed by atoms with Crippen LogP contribution >= 0.6 is 0 Å². The van der Waals surface area contributed by atoms with E-state index in [1.54, 1.807) is 42.5 Å². The van der Waals surface area contributed by atoms with Crippen molar-refractivity contribution in [1.29, 1.82) is 0 Å². The van der Waals surface area contributed by atoms with Gasteiger partial charge in [0.25, 0.3) is 5.91 Å². The smallest absolute Gasteiger partial charge is 0.341 e. The van der Waals surface area contributed by atoms with Crippen molar-refractivity contribution in [2.75, 3.05) is 6.61 Å². The number of imide groups is 1. The van der Waals surface area contributed by atoms with Crippen molar-refractivity contribution in [3.8, 4) is 5.75 Å². The fourth-order valence-electron chi connectivity index (χ4n) is 3.53. The highest BCUT2D eigenvalue weighted by molar-refractivity contribution is 6.06. The first kappa shape index (κ1) is 20.2. The number of benzene rings is 2. The molecule has 0 aliphatic carbocycles. The summed E-state index contributed by atoms with van der Waals surface area (Å²) in [6.07, 6.45) is 0.479. The van der Waals surface area contributed by atoms with Gasteiger partial charge in [0, 0.05) is 24.1 Å².